The lowest BCUT2D eigenvalue weighted by molar-refractivity contribution is 0.0988. The van der Waals surface area contributed by atoms with Gasteiger partial charge < -0.3 is 0 Å². The van der Waals surface area contributed by atoms with E-state index in [4.69, 9.17) is 11.6 Å². The zero-order valence-electron chi connectivity index (χ0n) is 8.86. The van der Waals surface area contributed by atoms with Crippen LogP contribution in [-0.2, 0) is 6.42 Å². The molecule has 2 nitrogen and oxygen atoms in total. The molecule has 0 atom stereocenters. The zero-order chi connectivity index (χ0) is 12.3. The van der Waals surface area contributed by atoms with Gasteiger partial charge in [0.05, 0.1) is 5.02 Å². The number of aromatic nitrogens is 1. The van der Waals surface area contributed by atoms with Crippen LogP contribution in [0.4, 0.5) is 4.39 Å². The van der Waals surface area contributed by atoms with Crippen molar-refractivity contribution >= 4 is 17.4 Å². The van der Waals surface area contributed by atoms with Crippen molar-refractivity contribution in [3.8, 4) is 0 Å². The minimum absolute atomic E-state index is 0.164. The van der Waals surface area contributed by atoms with Crippen LogP contribution in [0.5, 0.6) is 0 Å². The number of pyridine rings is 1. The highest BCUT2D eigenvalue weighted by Gasteiger charge is 2.11. The van der Waals surface area contributed by atoms with Crippen LogP contribution in [0.25, 0.3) is 0 Å². The molecule has 1 aromatic carbocycles. The first-order valence-corrected chi connectivity index (χ1v) is 5.43. The quantitative estimate of drug-likeness (QED) is 0.782. The average Bonchev–Trinajstić information content (AvgIpc) is 2.32. The zero-order valence-corrected chi connectivity index (χ0v) is 9.62. The van der Waals surface area contributed by atoms with Crippen LogP contribution in [0, 0.1) is 5.82 Å². The van der Waals surface area contributed by atoms with E-state index in [0.717, 1.165) is 5.56 Å². The molecule has 1 heterocycles. The van der Waals surface area contributed by atoms with Gasteiger partial charge >= 0.3 is 0 Å². The van der Waals surface area contributed by atoms with Crippen molar-refractivity contribution in [3.05, 3.63) is 64.7 Å². The molecule has 0 aliphatic carbocycles. The molecule has 2 aromatic rings. The molecular formula is C13H9ClFNO. The van der Waals surface area contributed by atoms with E-state index >= 15 is 0 Å². The first-order valence-electron chi connectivity index (χ1n) is 5.05. The van der Waals surface area contributed by atoms with Crippen molar-refractivity contribution in [2.75, 3.05) is 0 Å². The summed E-state index contributed by atoms with van der Waals surface area (Å²) in [5, 5.41) is 0.333. The number of carbonyl (C=O) groups excluding carboxylic acids is 1. The number of rotatable bonds is 3. The van der Waals surface area contributed by atoms with Gasteiger partial charge in [-0.1, -0.05) is 23.7 Å². The summed E-state index contributed by atoms with van der Waals surface area (Å²) >= 11 is 5.87. The van der Waals surface area contributed by atoms with Gasteiger partial charge in [-0.25, -0.2) is 4.39 Å². The van der Waals surface area contributed by atoms with Gasteiger partial charge in [-0.05, 0) is 29.8 Å². The van der Waals surface area contributed by atoms with Crippen LogP contribution >= 0.6 is 11.6 Å². The van der Waals surface area contributed by atoms with Gasteiger partial charge in [-0.3, -0.25) is 9.78 Å². The highest BCUT2D eigenvalue weighted by atomic mass is 35.5. The molecular weight excluding hydrogens is 241 g/mol. The number of ketones is 1. The Labute approximate surface area is 103 Å². The standard InChI is InChI=1S/C13H9ClFNO/c14-11-2-1-7-16-13(11)12(17)8-9-3-5-10(15)6-4-9/h1-7H,8H2. The van der Waals surface area contributed by atoms with Gasteiger partial charge in [0.15, 0.2) is 5.78 Å². The molecule has 0 radical (unpaired) electrons. The molecule has 4 heteroatoms. The second-order valence-corrected chi connectivity index (χ2v) is 3.97. The Morgan fingerprint density at radius 1 is 1.24 bits per heavy atom. The maximum Gasteiger partial charge on any atom is 0.187 e. The van der Waals surface area contributed by atoms with Crippen molar-refractivity contribution in [2.24, 2.45) is 0 Å². The largest absolute Gasteiger partial charge is 0.292 e. The molecule has 0 aliphatic rings. The number of halogens is 2. The molecule has 0 unspecified atom stereocenters. The summed E-state index contributed by atoms with van der Waals surface area (Å²) in [4.78, 5) is 15.8. The van der Waals surface area contributed by atoms with Gasteiger partial charge in [0.1, 0.15) is 11.5 Å². The number of benzene rings is 1. The van der Waals surface area contributed by atoms with E-state index in [1.54, 1.807) is 24.3 Å². The summed E-state index contributed by atoms with van der Waals surface area (Å²) in [5.41, 5.74) is 0.983. The Hall–Kier alpha value is -1.74. The van der Waals surface area contributed by atoms with Gasteiger partial charge in [0.25, 0.3) is 0 Å². The summed E-state index contributed by atoms with van der Waals surface area (Å²) in [6.07, 6.45) is 1.68. The minimum atomic E-state index is -0.322. The molecule has 17 heavy (non-hydrogen) atoms. The molecule has 0 spiro atoms. The number of carbonyl (C=O) groups is 1. The predicted octanol–water partition coefficient (Wildman–Crippen LogP) is 3.30. The number of Topliss-reactive ketones (excluding diaryl/α,β-unsaturated/α-hetero) is 1. The molecule has 86 valence electrons. The van der Waals surface area contributed by atoms with Gasteiger partial charge in [-0.2, -0.15) is 0 Å². The summed E-state index contributed by atoms with van der Waals surface area (Å²) in [6, 6.07) is 9.07. The van der Waals surface area contributed by atoms with Crippen LogP contribution < -0.4 is 0 Å². The van der Waals surface area contributed by atoms with Crippen LogP contribution in [0.15, 0.2) is 42.6 Å². The summed E-state index contributed by atoms with van der Waals surface area (Å²) in [7, 11) is 0. The second-order valence-electron chi connectivity index (χ2n) is 3.56. The molecule has 0 saturated heterocycles. The van der Waals surface area contributed by atoms with E-state index in [1.165, 1.54) is 18.3 Å². The Balaban J connectivity index is 2.17. The normalized spacial score (nSPS) is 10.2. The van der Waals surface area contributed by atoms with Gasteiger partial charge in [0.2, 0.25) is 0 Å². The van der Waals surface area contributed by atoms with E-state index in [1.807, 2.05) is 0 Å². The highest BCUT2D eigenvalue weighted by Crippen LogP contribution is 2.15. The Morgan fingerprint density at radius 3 is 2.59 bits per heavy atom. The molecule has 0 fully saturated rings. The van der Waals surface area contributed by atoms with Crippen molar-refractivity contribution in [1.29, 1.82) is 0 Å². The average molecular weight is 250 g/mol. The Bertz CT molecular complexity index is 539. The molecule has 2 rings (SSSR count). The van der Waals surface area contributed by atoms with Crippen LogP contribution in [0.1, 0.15) is 16.1 Å². The summed E-state index contributed by atoms with van der Waals surface area (Å²) < 4.78 is 12.7. The number of nitrogens with zero attached hydrogens (tertiary/aromatic N) is 1. The molecule has 0 saturated carbocycles. The summed E-state index contributed by atoms with van der Waals surface area (Å²) in [6.45, 7) is 0. The monoisotopic (exact) mass is 249 g/mol. The van der Waals surface area contributed by atoms with E-state index in [0.29, 0.717) is 5.02 Å². The first kappa shape index (κ1) is 11.7. The fraction of sp³-hybridized carbons (Fsp3) is 0.0769. The molecule has 1 aromatic heterocycles. The highest BCUT2D eigenvalue weighted by molar-refractivity contribution is 6.33. The van der Waals surface area contributed by atoms with Crippen LogP contribution in [0.2, 0.25) is 5.02 Å². The molecule has 0 aliphatic heterocycles. The van der Waals surface area contributed by atoms with E-state index < -0.39 is 0 Å². The third kappa shape index (κ3) is 2.88. The lowest BCUT2D eigenvalue weighted by Gasteiger charge is -2.02. The lowest BCUT2D eigenvalue weighted by atomic mass is 10.1. The van der Waals surface area contributed by atoms with Gasteiger partial charge in [-0.15, -0.1) is 0 Å². The van der Waals surface area contributed by atoms with Crippen molar-refractivity contribution in [2.45, 2.75) is 6.42 Å². The Morgan fingerprint density at radius 2 is 1.94 bits per heavy atom. The first-order chi connectivity index (χ1) is 8.16. The third-order valence-electron chi connectivity index (χ3n) is 2.30. The van der Waals surface area contributed by atoms with Gasteiger partial charge in [0, 0.05) is 12.6 Å². The van der Waals surface area contributed by atoms with Crippen molar-refractivity contribution in [3.63, 3.8) is 0 Å². The van der Waals surface area contributed by atoms with Crippen molar-refractivity contribution in [1.82, 2.24) is 4.98 Å². The van der Waals surface area contributed by atoms with E-state index in [9.17, 15) is 9.18 Å². The molecule has 0 amide bonds. The maximum absolute atomic E-state index is 12.7. The molecule has 0 bridgehead atoms. The van der Waals surface area contributed by atoms with Crippen LogP contribution in [0.3, 0.4) is 0 Å². The van der Waals surface area contributed by atoms with Crippen LogP contribution in [-0.4, -0.2) is 10.8 Å². The van der Waals surface area contributed by atoms with E-state index in [2.05, 4.69) is 4.98 Å². The maximum atomic E-state index is 12.7. The number of hydrogen-bond acceptors (Lipinski definition) is 2. The van der Waals surface area contributed by atoms with E-state index in [-0.39, 0.29) is 23.7 Å². The smallest absolute Gasteiger partial charge is 0.187 e. The Kier molecular flexibility index (Phi) is 3.49. The number of hydrogen-bond donors (Lipinski definition) is 0. The molecule has 0 N–H and O–H groups in total. The fourth-order valence-corrected chi connectivity index (χ4v) is 1.69. The topological polar surface area (TPSA) is 30.0 Å². The summed E-state index contributed by atoms with van der Waals surface area (Å²) in [5.74, 6) is -0.501. The lowest BCUT2D eigenvalue weighted by Crippen LogP contribution is -2.06. The minimum Gasteiger partial charge on any atom is -0.292 e. The van der Waals surface area contributed by atoms with Crippen molar-refractivity contribution < 1.29 is 9.18 Å². The SMILES string of the molecule is O=C(Cc1ccc(F)cc1)c1ncccc1Cl. The third-order valence-corrected chi connectivity index (χ3v) is 2.61. The predicted molar refractivity (Wildman–Crippen MR) is 63.7 cm³/mol. The fourth-order valence-electron chi connectivity index (χ4n) is 1.46. The second kappa shape index (κ2) is 5.06.